The first-order chi connectivity index (χ1) is 11.2. The van der Waals surface area contributed by atoms with Crippen LogP contribution in [0.1, 0.15) is 12.8 Å². The predicted molar refractivity (Wildman–Crippen MR) is 85.8 cm³/mol. The first-order valence-corrected chi connectivity index (χ1v) is 7.73. The molecule has 0 bridgehead atoms. The number of imidazole rings is 1. The molecular formula is C17H17FN4O. The van der Waals surface area contributed by atoms with Crippen molar-refractivity contribution in [2.45, 2.75) is 18.9 Å². The van der Waals surface area contributed by atoms with Gasteiger partial charge in [-0.05, 0) is 37.1 Å². The molecule has 1 aliphatic heterocycles. The molecule has 1 saturated heterocycles. The lowest BCUT2D eigenvalue weighted by atomic mass is 10.1. The second kappa shape index (κ2) is 5.62. The summed E-state index contributed by atoms with van der Waals surface area (Å²) in [4.78, 5) is 10.9. The quantitative estimate of drug-likeness (QED) is 0.790. The number of halogens is 1. The summed E-state index contributed by atoms with van der Waals surface area (Å²) in [6.07, 6.45) is 6.59. The summed E-state index contributed by atoms with van der Waals surface area (Å²) in [5.41, 5.74) is 2.57. The van der Waals surface area contributed by atoms with Crippen LogP contribution in [0.2, 0.25) is 0 Å². The van der Waals surface area contributed by atoms with E-state index in [9.17, 15) is 9.50 Å². The third kappa shape index (κ3) is 2.55. The monoisotopic (exact) mass is 312 g/mol. The van der Waals surface area contributed by atoms with Gasteiger partial charge in [-0.1, -0.05) is 0 Å². The normalized spacial score (nSPS) is 16.2. The van der Waals surface area contributed by atoms with Crippen LogP contribution in [0.4, 0.5) is 10.2 Å². The fourth-order valence-electron chi connectivity index (χ4n) is 3.07. The largest absolute Gasteiger partial charge is 0.393 e. The van der Waals surface area contributed by atoms with Gasteiger partial charge in [-0.2, -0.15) is 0 Å². The van der Waals surface area contributed by atoms with E-state index in [0.717, 1.165) is 48.7 Å². The summed E-state index contributed by atoms with van der Waals surface area (Å²) in [6.45, 7) is 1.56. The van der Waals surface area contributed by atoms with E-state index in [1.807, 2.05) is 10.6 Å². The number of piperidine rings is 1. The molecule has 0 radical (unpaired) electrons. The maximum Gasteiger partial charge on any atom is 0.157 e. The Kier molecular flexibility index (Phi) is 3.46. The number of nitrogens with zero attached hydrogens (tertiary/aromatic N) is 4. The molecule has 2 aromatic heterocycles. The standard InChI is InChI=1S/C17H17FN4O/c18-13-3-1-12(2-4-13)15-9-20-16-10-19-11-17(22(15)16)21-7-5-14(23)6-8-21/h1-4,9-11,14,23H,5-8H2. The van der Waals surface area contributed by atoms with Crippen molar-refractivity contribution in [3.63, 3.8) is 0 Å². The van der Waals surface area contributed by atoms with Crippen LogP contribution in [-0.4, -0.2) is 38.7 Å². The molecule has 118 valence electrons. The van der Waals surface area contributed by atoms with Gasteiger partial charge < -0.3 is 10.0 Å². The Labute approximate surface area is 133 Å². The van der Waals surface area contributed by atoms with E-state index in [4.69, 9.17) is 0 Å². The molecule has 0 aliphatic carbocycles. The molecule has 3 heterocycles. The van der Waals surface area contributed by atoms with Gasteiger partial charge in [-0.25, -0.2) is 9.37 Å². The summed E-state index contributed by atoms with van der Waals surface area (Å²) in [5.74, 6) is 0.695. The van der Waals surface area contributed by atoms with E-state index in [-0.39, 0.29) is 11.9 Å². The first kappa shape index (κ1) is 14.1. The van der Waals surface area contributed by atoms with Crippen LogP contribution in [-0.2, 0) is 0 Å². The molecule has 23 heavy (non-hydrogen) atoms. The molecule has 1 aromatic carbocycles. The highest BCUT2D eigenvalue weighted by molar-refractivity contribution is 5.67. The van der Waals surface area contributed by atoms with Crippen LogP contribution in [0.3, 0.4) is 0 Å². The van der Waals surface area contributed by atoms with Crippen molar-refractivity contribution in [1.82, 2.24) is 14.4 Å². The van der Waals surface area contributed by atoms with Gasteiger partial charge in [0.1, 0.15) is 11.6 Å². The Morgan fingerprint density at radius 3 is 2.52 bits per heavy atom. The molecule has 6 heteroatoms. The van der Waals surface area contributed by atoms with Crippen LogP contribution in [0.15, 0.2) is 42.9 Å². The van der Waals surface area contributed by atoms with E-state index >= 15 is 0 Å². The Hall–Kier alpha value is -2.47. The molecule has 4 rings (SSSR count). The first-order valence-electron chi connectivity index (χ1n) is 7.73. The van der Waals surface area contributed by atoms with Crippen molar-refractivity contribution >= 4 is 11.5 Å². The lowest BCUT2D eigenvalue weighted by Gasteiger charge is -2.31. The van der Waals surface area contributed by atoms with E-state index in [2.05, 4.69) is 14.9 Å². The average molecular weight is 312 g/mol. The maximum absolute atomic E-state index is 13.2. The van der Waals surface area contributed by atoms with Gasteiger partial charge >= 0.3 is 0 Å². The Morgan fingerprint density at radius 1 is 1.04 bits per heavy atom. The van der Waals surface area contributed by atoms with Crippen LogP contribution >= 0.6 is 0 Å². The van der Waals surface area contributed by atoms with Gasteiger partial charge in [-0.3, -0.25) is 9.38 Å². The Balaban J connectivity index is 1.82. The van der Waals surface area contributed by atoms with Crippen LogP contribution in [0.25, 0.3) is 16.9 Å². The van der Waals surface area contributed by atoms with Crippen molar-refractivity contribution in [2.24, 2.45) is 0 Å². The van der Waals surface area contributed by atoms with Gasteiger partial charge in [0.25, 0.3) is 0 Å². The minimum absolute atomic E-state index is 0.224. The number of hydrogen-bond donors (Lipinski definition) is 1. The van der Waals surface area contributed by atoms with Gasteiger partial charge in [0.05, 0.1) is 30.4 Å². The smallest absolute Gasteiger partial charge is 0.157 e. The third-order valence-corrected chi connectivity index (χ3v) is 4.33. The SMILES string of the molecule is OC1CCN(c2cncc3ncc(-c4ccc(F)cc4)n23)CC1. The van der Waals surface area contributed by atoms with E-state index in [0.29, 0.717) is 0 Å². The highest BCUT2D eigenvalue weighted by Crippen LogP contribution is 2.27. The zero-order valence-electron chi connectivity index (χ0n) is 12.6. The minimum Gasteiger partial charge on any atom is -0.393 e. The molecule has 0 unspecified atom stereocenters. The average Bonchev–Trinajstić information content (AvgIpc) is 3.00. The zero-order valence-corrected chi connectivity index (χ0v) is 12.6. The highest BCUT2D eigenvalue weighted by Gasteiger charge is 2.21. The van der Waals surface area contributed by atoms with Crippen molar-refractivity contribution in [2.75, 3.05) is 18.0 Å². The van der Waals surface area contributed by atoms with Crippen molar-refractivity contribution < 1.29 is 9.50 Å². The fourth-order valence-corrected chi connectivity index (χ4v) is 3.07. The Morgan fingerprint density at radius 2 is 1.78 bits per heavy atom. The molecular weight excluding hydrogens is 295 g/mol. The number of rotatable bonds is 2. The summed E-state index contributed by atoms with van der Waals surface area (Å²) < 4.78 is 15.2. The van der Waals surface area contributed by atoms with Gasteiger partial charge in [0, 0.05) is 18.7 Å². The van der Waals surface area contributed by atoms with Gasteiger partial charge in [0.15, 0.2) is 5.65 Å². The molecule has 1 fully saturated rings. The minimum atomic E-state index is -0.255. The van der Waals surface area contributed by atoms with E-state index in [1.54, 1.807) is 24.5 Å². The van der Waals surface area contributed by atoms with Crippen molar-refractivity contribution in [1.29, 1.82) is 0 Å². The van der Waals surface area contributed by atoms with E-state index in [1.165, 1.54) is 12.1 Å². The molecule has 0 saturated carbocycles. The summed E-state index contributed by atoms with van der Waals surface area (Å²) in [6, 6.07) is 6.41. The third-order valence-electron chi connectivity index (χ3n) is 4.33. The van der Waals surface area contributed by atoms with Crippen molar-refractivity contribution in [3.8, 4) is 11.3 Å². The molecule has 0 spiro atoms. The maximum atomic E-state index is 13.2. The number of aromatic nitrogens is 3. The Bertz CT molecular complexity index is 822. The molecule has 5 nitrogen and oxygen atoms in total. The second-order valence-corrected chi connectivity index (χ2v) is 5.83. The van der Waals surface area contributed by atoms with E-state index < -0.39 is 0 Å². The number of benzene rings is 1. The second-order valence-electron chi connectivity index (χ2n) is 5.83. The molecule has 1 aliphatic rings. The number of aliphatic hydroxyl groups is 1. The number of fused-ring (bicyclic) bond motifs is 1. The molecule has 0 amide bonds. The molecule has 1 N–H and O–H groups in total. The van der Waals surface area contributed by atoms with Crippen LogP contribution in [0.5, 0.6) is 0 Å². The predicted octanol–water partition coefficient (Wildman–Crippen LogP) is 2.50. The van der Waals surface area contributed by atoms with Crippen LogP contribution in [0, 0.1) is 5.82 Å². The topological polar surface area (TPSA) is 53.7 Å². The fraction of sp³-hybridized carbons (Fsp3) is 0.294. The molecule has 0 atom stereocenters. The van der Waals surface area contributed by atoms with Crippen molar-refractivity contribution in [3.05, 3.63) is 48.7 Å². The van der Waals surface area contributed by atoms with Gasteiger partial charge in [0.2, 0.25) is 0 Å². The number of hydrogen-bond acceptors (Lipinski definition) is 4. The zero-order chi connectivity index (χ0) is 15.8. The summed E-state index contributed by atoms with van der Waals surface area (Å²) in [5, 5.41) is 9.71. The number of aliphatic hydroxyl groups excluding tert-OH is 1. The van der Waals surface area contributed by atoms with Crippen LogP contribution < -0.4 is 4.90 Å². The van der Waals surface area contributed by atoms with Gasteiger partial charge in [-0.15, -0.1) is 0 Å². The number of anilines is 1. The molecule has 3 aromatic rings. The summed E-state index contributed by atoms with van der Waals surface area (Å²) in [7, 11) is 0. The highest BCUT2D eigenvalue weighted by atomic mass is 19.1. The summed E-state index contributed by atoms with van der Waals surface area (Å²) >= 11 is 0. The lowest BCUT2D eigenvalue weighted by molar-refractivity contribution is 0.145. The lowest BCUT2D eigenvalue weighted by Crippen LogP contribution is -2.36.